The first kappa shape index (κ1) is 15.6. The minimum Gasteiger partial charge on any atom is -0.507 e. The van der Waals surface area contributed by atoms with Gasteiger partial charge in [0.2, 0.25) is 0 Å². The van der Waals surface area contributed by atoms with Crippen LogP contribution in [0, 0.1) is 0 Å². The standard InChI is InChI=1S/C15H11F3N2O2/c16-15(17,18)12-7-3-1-5-10(12)9-19-20-14(22)11-6-2-4-8-13(11)21/h1-9,21H,(H,20,22)/b19-9+. The molecule has 0 aliphatic rings. The number of para-hydroxylation sites is 1. The summed E-state index contributed by atoms with van der Waals surface area (Å²) in [6.07, 6.45) is -3.61. The van der Waals surface area contributed by atoms with Crippen molar-refractivity contribution in [3.63, 3.8) is 0 Å². The number of amides is 1. The van der Waals surface area contributed by atoms with Crippen molar-refractivity contribution in [1.29, 1.82) is 0 Å². The largest absolute Gasteiger partial charge is 0.507 e. The summed E-state index contributed by atoms with van der Waals surface area (Å²) in [6, 6.07) is 10.6. The van der Waals surface area contributed by atoms with Crippen molar-refractivity contribution in [1.82, 2.24) is 5.43 Å². The molecule has 0 heterocycles. The highest BCUT2D eigenvalue weighted by molar-refractivity contribution is 5.97. The summed E-state index contributed by atoms with van der Waals surface area (Å²) in [5, 5.41) is 13.0. The molecule has 0 aromatic heterocycles. The van der Waals surface area contributed by atoms with Crippen molar-refractivity contribution in [2.45, 2.75) is 6.18 Å². The number of alkyl halides is 3. The summed E-state index contributed by atoms with van der Waals surface area (Å²) in [6.45, 7) is 0. The molecule has 114 valence electrons. The molecule has 7 heteroatoms. The molecule has 0 saturated carbocycles. The molecule has 0 aliphatic carbocycles. The summed E-state index contributed by atoms with van der Waals surface area (Å²) in [4.78, 5) is 11.7. The van der Waals surface area contributed by atoms with E-state index in [0.29, 0.717) is 0 Å². The van der Waals surface area contributed by atoms with E-state index in [0.717, 1.165) is 12.3 Å². The molecule has 2 N–H and O–H groups in total. The van der Waals surface area contributed by atoms with Gasteiger partial charge in [-0.2, -0.15) is 18.3 Å². The number of hydrazone groups is 1. The molecule has 4 nitrogen and oxygen atoms in total. The summed E-state index contributed by atoms with van der Waals surface area (Å²) in [5.74, 6) is -0.968. The van der Waals surface area contributed by atoms with E-state index in [2.05, 4.69) is 10.5 Å². The minimum atomic E-state index is -4.51. The number of nitrogens with one attached hydrogen (secondary N) is 1. The van der Waals surface area contributed by atoms with Gasteiger partial charge in [-0.05, 0) is 18.2 Å². The molecule has 2 rings (SSSR count). The molecule has 0 bridgehead atoms. The highest BCUT2D eigenvalue weighted by Gasteiger charge is 2.32. The topological polar surface area (TPSA) is 61.7 Å². The van der Waals surface area contributed by atoms with Crippen LogP contribution in [0.1, 0.15) is 21.5 Å². The van der Waals surface area contributed by atoms with Gasteiger partial charge >= 0.3 is 6.18 Å². The van der Waals surface area contributed by atoms with Crippen LogP contribution in [-0.4, -0.2) is 17.2 Å². The van der Waals surface area contributed by atoms with E-state index in [4.69, 9.17) is 0 Å². The Labute approximate surface area is 123 Å². The van der Waals surface area contributed by atoms with Gasteiger partial charge in [-0.25, -0.2) is 5.43 Å². The first-order valence-corrected chi connectivity index (χ1v) is 6.17. The summed E-state index contributed by atoms with van der Waals surface area (Å²) >= 11 is 0. The molecule has 2 aromatic rings. The predicted molar refractivity (Wildman–Crippen MR) is 74.6 cm³/mol. The van der Waals surface area contributed by atoms with Crippen LogP contribution in [0.4, 0.5) is 13.2 Å². The van der Waals surface area contributed by atoms with Crippen LogP contribution in [0.5, 0.6) is 5.75 Å². The van der Waals surface area contributed by atoms with Gasteiger partial charge in [-0.3, -0.25) is 4.79 Å². The minimum absolute atomic E-state index is 0.0243. The number of rotatable bonds is 3. The number of carbonyl (C=O) groups excluding carboxylic acids is 1. The summed E-state index contributed by atoms with van der Waals surface area (Å²) in [5.41, 5.74) is 1.02. The van der Waals surface area contributed by atoms with Crippen LogP contribution in [0.2, 0.25) is 0 Å². The smallest absolute Gasteiger partial charge is 0.417 e. The molecule has 1 amide bonds. The van der Waals surface area contributed by atoms with E-state index >= 15 is 0 Å². The molecule has 0 unspecified atom stereocenters. The van der Waals surface area contributed by atoms with E-state index in [9.17, 15) is 23.1 Å². The average molecular weight is 308 g/mol. The van der Waals surface area contributed by atoms with Gasteiger partial charge < -0.3 is 5.11 Å². The second kappa shape index (κ2) is 6.30. The first-order valence-electron chi connectivity index (χ1n) is 6.17. The van der Waals surface area contributed by atoms with Crippen LogP contribution >= 0.6 is 0 Å². The van der Waals surface area contributed by atoms with E-state index in [-0.39, 0.29) is 16.9 Å². The lowest BCUT2D eigenvalue weighted by Gasteiger charge is -2.09. The van der Waals surface area contributed by atoms with Gasteiger partial charge in [0.1, 0.15) is 5.75 Å². The van der Waals surface area contributed by atoms with E-state index in [1.807, 2.05) is 0 Å². The molecular weight excluding hydrogens is 297 g/mol. The van der Waals surface area contributed by atoms with Crippen LogP contribution in [-0.2, 0) is 6.18 Å². The number of benzene rings is 2. The van der Waals surface area contributed by atoms with Crippen molar-refractivity contribution in [2.75, 3.05) is 0 Å². The van der Waals surface area contributed by atoms with Gasteiger partial charge in [0, 0.05) is 5.56 Å². The van der Waals surface area contributed by atoms with Gasteiger partial charge in [0.05, 0.1) is 17.3 Å². The molecule has 0 aliphatic heterocycles. The van der Waals surface area contributed by atoms with E-state index < -0.39 is 17.6 Å². The van der Waals surface area contributed by atoms with Crippen molar-refractivity contribution in [2.24, 2.45) is 5.10 Å². The van der Waals surface area contributed by atoms with Gasteiger partial charge in [0.25, 0.3) is 5.91 Å². The highest BCUT2D eigenvalue weighted by Crippen LogP contribution is 2.31. The number of carbonyl (C=O) groups is 1. The van der Waals surface area contributed by atoms with Crippen molar-refractivity contribution < 1.29 is 23.1 Å². The van der Waals surface area contributed by atoms with Crippen molar-refractivity contribution >= 4 is 12.1 Å². The zero-order valence-corrected chi connectivity index (χ0v) is 11.1. The molecular formula is C15H11F3N2O2. The lowest BCUT2D eigenvalue weighted by Crippen LogP contribution is -2.18. The quantitative estimate of drug-likeness (QED) is 0.676. The normalized spacial score (nSPS) is 11.6. The second-order valence-corrected chi connectivity index (χ2v) is 4.30. The molecule has 0 atom stereocenters. The maximum Gasteiger partial charge on any atom is 0.417 e. The van der Waals surface area contributed by atoms with Gasteiger partial charge in [-0.1, -0.05) is 30.3 Å². The fourth-order valence-corrected chi connectivity index (χ4v) is 1.75. The van der Waals surface area contributed by atoms with Gasteiger partial charge in [-0.15, -0.1) is 0 Å². The second-order valence-electron chi connectivity index (χ2n) is 4.30. The Hall–Kier alpha value is -2.83. The predicted octanol–water partition coefficient (Wildman–Crippen LogP) is 3.17. The molecule has 2 aromatic carbocycles. The molecule has 0 spiro atoms. The van der Waals surface area contributed by atoms with Crippen molar-refractivity contribution in [3.05, 3.63) is 65.2 Å². The average Bonchev–Trinajstić information content (AvgIpc) is 2.47. The Morgan fingerprint density at radius 3 is 2.41 bits per heavy atom. The number of halogens is 3. The maximum absolute atomic E-state index is 12.8. The van der Waals surface area contributed by atoms with Gasteiger partial charge in [0.15, 0.2) is 0 Å². The van der Waals surface area contributed by atoms with Crippen LogP contribution in [0.3, 0.4) is 0 Å². The first-order chi connectivity index (χ1) is 10.4. The molecule has 0 fully saturated rings. The summed E-state index contributed by atoms with van der Waals surface area (Å²) < 4.78 is 38.3. The number of hydrogen-bond donors (Lipinski definition) is 2. The zero-order chi connectivity index (χ0) is 16.2. The number of phenolic OH excluding ortho intramolecular Hbond substituents is 1. The Bertz CT molecular complexity index is 712. The van der Waals surface area contributed by atoms with Crippen LogP contribution in [0.15, 0.2) is 53.6 Å². The molecule has 0 radical (unpaired) electrons. The Morgan fingerprint density at radius 2 is 1.73 bits per heavy atom. The Kier molecular flexibility index (Phi) is 4.45. The number of phenols is 1. The Morgan fingerprint density at radius 1 is 1.09 bits per heavy atom. The molecule has 22 heavy (non-hydrogen) atoms. The van der Waals surface area contributed by atoms with E-state index in [1.54, 1.807) is 0 Å². The number of nitrogens with zero attached hydrogens (tertiary/aromatic N) is 1. The van der Waals surface area contributed by atoms with Crippen LogP contribution in [0.25, 0.3) is 0 Å². The van der Waals surface area contributed by atoms with Crippen LogP contribution < -0.4 is 5.43 Å². The fourth-order valence-electron chi connectivity index (χ4n) is 1.75. The lowest BCUT2D eigenvalue weighted by atomic mass is 10.1. The maximum atomic E-state index is 12.8. The molecule has 0 saturated heterocycles. The monoisotopic (exact) mass is 308 g/mol. The lowest BCUT2D eigenvalue weighted by molar-refractivity contribution is -0.137. The SMILES string of the molecule is O=C(N/N=C/c1ccccc1C(F)(F)F)c1ccccc1O. The third kappa shape index (κ3) is 3.63. The van der Waals surface area contributed by atoms with E-state index in [1.165, 1.54) is 42.5 Å². The zero-order valence-electron chi connectivity index (χ0n) is 11.1. The number of hydrogen-bond acceptors (Lipinski definition) is 3. The third-order valence-corrected chi connectivity index (χ3v) is 2.78. The van der Waals surface area contributed by atoms with Crippen molar-refractivity contribution in [3.8, 4) is 5.75 Å². The fraction of sp³-hybridized carbons (Fsp3) is 0.0667. The Balaban J connectivity index is 2.14. The highest BCUT2D eigenvalue weighted by atomic mass is 19.4. The summed E-state index contributed by atoms with van der Waals surface area (Å²) in [7, 11) is 0. The third-order valence-electron chi connectivity index (χ3n) is 2.78. The number of aromatic hydroxyl groups is 1.